The smallest absolute Gasteiger partial charge is 0.337 e. The molecule has 0 heterocycles. The van der Waals surface area contributed by atoms with Crippen LogP contribution < -0.4 is 4.72 Å². The van der Waals surface area contributed by atoms with Crippen LogP contribution in [0.1, 0.15) is 29.3 Å². The Kier molecular flexibility index (Phi) is 4.82. The van der Waals surface area contributed by atoms with Crippen LogP contribution in [0.25, 0.3) is 0 Å². The molecule has 5 nitrogen and oxygen atoms in total. The summed E-state index contributed by atoms with van der Waals surface area (Å²) in [5.74, 6) is -1.16. The van der Waals surface area contributed by atoms with E-state index in [-0.39, 0.29) is 16.1 Å². The first-order valence-electron chi connectivity index (χ1n) is 6.88. The van der Waals surface area contributed by atoms with Crippen LogP contribution in [0.2, 0.25) is 0 Å². The topological polar surface area (TPSA) is 83.5 Å². The third-order valence-electron chi connectivity index (χ3n) is 3.15. The van der Waals surface area contributed by atoms with Crippen molar-refractivity contribution in [3.63, 3.8) is 0 Å². The van der Waals surface area contributed by atoms with E-state index in [1.54, 1.807) is 24.3 Å². The van der Waals surface area contributed by atoms with Crippen molar-refractivity contribution in [2.75, 3.05) is 4.72 Å². The molecule has 0 aromatic heterocycles. The maximum absolute atomic E-state index is 12.3. The van der Waals surface area contributed by atoms with Crippen molar-refractivity contribution in [3.8, 4) is 0 Å². The second-order valence-corrected chi connectivity index (χ2v) is 6.54. The van der Waals surface area contributed by atoms with Gasteiger partial charge in [-0.3, -0.25) is 4.72 Å². The van der Waals surface area contributed by atoms with Gasteiger partial charge in [-0.1, -0.05) is 37.6 Å². The van der Waals surface area contributed by atoms with Gasteiger partial charge in [0.15, 0.2) is 0 Å². The summed E-state index contributed by atoms with van der Waals surface area (Å²) in [6.07, 6.45) is 1.63. The van der Waals surface area contributed by atoms with E-state index in [4.69, 9.17) is 0 Å². The highest BCUT2D eigenvalue weighted by molar-refractivity contribution is 7.92. The lowest BCUT2D eigenvalue weighted by Crippen LogP contribution is -2.15. The number of hydrogen-bond acceptors (Lipinski definition) is 3. The standard InChI is InChI=1S/C16H17NO4S/c1-2-6-12-9-10-15(14(11-12)16(18)19)17-22(20,21)13-7-4-3-5-8-13/h3-5,7-11,17H,2,6H2,1H3,(H,18,19). The summed E-state index contributed by atoms with van der Waals surface area (Å²) in [6, 6.07) is 12.6. The minimum absolute atomic E-state index is 0.0505. The molecular weight excluding hydrogens is 302 g/mol. The van der Waals surface area contributed by atoms with Gasteiger partial charge in [0.2, 0.25) is 0 Å². The van der Waals surface area contributed by atoms with E-state index in [0.717, 1.165) is 18.4 Å². The van der Waals surface area contributed by atoms with Gasteiger partial charge in [-0.05, 0) is 36.2 Å². The zero-order valence-electron chi connectivity index (χ0n) is 12.1. The maximum Gasteiger partial charge on any atom is 0.337 e. The van der Waals surface area contributed by atoms with Gasteiger partial charge in [0, 0.05) is 0 Å². The van der Waals surface area contributed by atoms with Gasteiger partial charge in [-0.15, -0.1) is 0 Å². The van der Waals surface area contributed by atoms with Crippen LogP contribution in [-0.4, -0.2) is 19.5 Å². The van der Waals surface area contributed by atoms with Gasteiger partial charge in [-0.2, -0.15) is 0 Å². The zero-order chi connectivity index (χ0) is 16.2. The molecule has 22 heavy (non-hydrogen) atoms. The number of hydrogen-bond donors (Lipinski definition) is 2. The third kappa shape index (κ3) is 3.65. The van der Waals surface area contributed by atoms with Crippen LogP contribution in [0.15, 0.2) is 53.4 Å². The van der Waals surface area contributed by atoms with E-state index in [9.17, 15) is 18.3 Å². The Labute approximate surface area is 129 Å². The van der Waals surface area contributed by atoms with E-state index in [2.05, 4.69) is 4.72 Å². The minimum atomic E-state index is -3.81. The number of sulfonamides is 1. The number of carbonyl (C=O) groups is 1. The molecule has 0 radical (unpaired) electrons. The highest BCUT2D eigenvalue weighted by atomic mass is 32.2. The molecule has 2 rings (SSSR count). The van der Waals surface area contributed by atoms with Gasteiger partial charge in [0.25, 0.3) is 10.0 Å². The fourth-order valence-corrected chi connectivity index (χ4v) is 3.21. The van der Waals surface area contributed by atoms with Crippen molar-refractivity contribution in [1.29, 1.82) is 0 Å². The molecule has 0 aliphatic heterocycles. The fraction of sp³-hybridized carbons (Fsp3) is 0.188. The SMILES string of the molecule is CCCc1ccc(NS(=O)(=O)c2ccccc2)c(C(=O)O)c1. The average molecular weight is 319 g/mol. The summed E-state index contributed by atoms with van der Waals surface area (Å²) in [7, 11) is -3.81. The van der Waals surface area contributed by atoms with Gasteiger partial charge in [0.05, 0.1) is 16.1 Å². The quantitative estimate of drug-likeness (QED) is 0.857. The molecule has 2 N–H and O–H groups in total. The molecule has 0 amide bonds. The van der Waals surface area contributed by atoms with E-state index in [1.807, 2.05) is 6.92 Å². The summed E-state index contributed by atoms with van der Waals surface area (Å²) < 4.78 is 26.9. The lowest BCUT2D eigenvalue weighted by atomic mass is 10.1. The Morgan fingerprint density at radius 1 is 1.14 bits per heavy atom. The summed E-state index contributed by atoms with van der Waals surface area (Å²) in [5.41, 5.74) is 0.879. The predicted octanol–water partition coefficient (Wildman–Crippen LogP) is 3.14. The number of aryl methyl sites for hydroxylation is 1. The highest BCUT2D eigenvalue weighted by Crippen LogP contribution is 2.22. The molecule has 0 spiro atoms. The molecule has 0 fully saturated rings. The molecule has 2 aromatic rings. The second kappa shape index (κ2) is 6.62. The van der Waals surface area contributed by atoms with Gasteiger partial charge >= 0.3 is 5.97 Å². The van der Waals surface area contributed by atoms with Crippen molar-refractivity contribution in [2.45, 2.75) is 24.7 Å². The van der Waals surface area contributed by atoms with Gasteiger partial charge < -0.3 is 5.11 Å². The molecule has 2 aromatic carbocycles. The molecule has 0 aliphatic rings. The van der Waals surface area contributed by atoms with Crippen molar-refractivity contribution in [2.24, 2.45) is 0 Å². The average Bonchev–Trinajstić information content (AvgIpc) is 2.49. The number of benzene rings is 2. The second-order valence-electron chi connectivity index (χ2n) is 4.85. The molecule has 6 heteroatoms. The van der Waals surface area contributed by atoms with Gasteiger partial charge in [0.1, 0.15) is 0 Å². The third-order valence-corrected chi connectivity index (χ3v) is 4.53. The van der Waals surface area contributed by atoms with Crippen LogP contribution in [0.5, 0.6) is 0 Å². The molecule has 116 valence electrons. The van der Waals surface area contributed by atoms with E-state index in [1.165, 1.54) is 24.3 Å². The number of rotatable bonds is 6. The first-order chi connectivity index (χ1) is 10.4. The van der Waals surface area contributed by atoms with Crippen molar-refractivity contribution >= 4 is 21.7 Å². The molecule has 0 bridgehead atoms. The molecule has 0 saturated carbocycles. The lowest BCUT2D eigenvalue weighted by molar-refractivity contribution is 0.0698. The Balaban J connectivity index is 2.39. The molecule has 0 unspecified atom stereocenters. The Morgan fingerprint density at radius 3 is 2.41 bits per heavy atom. The maximum atomic E-state index is 12.3. The van der Waals surface area contributed by atoms with Crippen LogP contribution >= 0.6 is 0 Å². The minimum Gasteiger partial charge on any atom is -0.478 e. The number of nitrogens with one attached hydrogen (secondary N) is 1. The molecule has 0 aliphatic carbocycles. The Hall–Kier alpha value is -2.34. The summed E-state index contributed by atoms with van der Waals surface area (Å²) in [4.78, 5) is 11.5. The van der Waals surface area contributed by atoms with Crippen LogP contribution in [0.4, 0.5) is 5.69 Å². The molecule has 0 atom stereocenters. The zero-order valence-corrected chi connectivity index (χ0v) is 12.9. The van der Waals surface area contributed by atoms with Gasteiger partial charge in [-0.25, -0.2) is 13.2 Å². The summed E-state index contributed by atoms with van der Waals surface area (Å²) >= 11 is 0. The largest absolute Gasteiger partial charge is 0.478 e. The summed E-state index contributed by atoms with van der Waals surface area (Å²) in [5, 5.41) is 9.29. The van der Waals surface area contributed by atoms with E-state index >= 15 is 0 Å². The lowest BCUT2D eigenvalue weighted by Gasteiger charge is -2.12. The van der Waals surface area contributed by atoms with E-state index in [0.29, 0.717) is 0 Å². The van der Waals surface area contributed by atoms with E-state index < -0.39 is 16.0 Å². The van der Waals surface area contributed by atoms with Crippen LogP contribution in [-0.2, 0) is 16.4 Å². The summed E-state index contributed by atoms with van der Waals surface area (Å²) in [6.45, 7) is 1.99. The number of aromatic carboxylic acids is 1. The number of anilines is 1. The first kappa shape index (κ1) is 16.0. The molecule has 0 saturated heterocycles. The van der Waals surface area contributed by atoms with Crippen molar-refractivity contribution in [1.82, 2.24) is 0 Å². The normalized spacial score (nSPS) is 11.1. The number of carboxylic acid groups (broad SMARTS) is 1. The Bertz CT molecular complexity index is 770. The first-order valence-corrected chi connectivity index (χ1v) is 8.36. The molecular formula is C16H17NO4S. The van der Waals surface area contributed by atoms with Crippen molar-refractivity contribution < 1.29 is 18.3 Å². The van der Waals surface area contributed by atoms with Crippen molar-refractivity contribution in [3.05, 3.63) is 59.7 Å². The van der Waals surface area contributed by atoms with Crippen LogP contribution in [0.3, 0.4) is 0 Å². The Morgan fingerprint density at radius 2 is 1.82 bits per heavy atom. The fourth-order valence-electron chi connectivity index (χ4n) is 2.10. The highest BCUT2D eigenvalue weighted by Gasteiger charge is 2.18. The monoisotopic (exact) mass is 319 g/mol. The predicted molar refractivity (Wildman–Crippen MR) is 84.6 cm³/mol. The van der Waals surface area contributed by atoms with Crippen LogP contribution in [0, 0.1) is 0 Å². The number of carboxylic acids is 1.